The van der Waals surface area contributed by atoms with Gasteiger partial charge in [0.15, 0.2) is 0 Å². The molecule has 6 nitrogen and oxygen atoms in total. The molecule has 8 heteroatoms. The van der Waals surface area contributed by atoms with Crippen LogP contribution in [0.25, 0.3) is 0 Å². The minimum Gasteiger partial charge on any atom is -0.258 e. The molecule has 0 amide bonds. The highest BCUT2D eigenvalue weighted by Gasteiger charge is 2.37. The molecule has 18 heavy (non-hydrogen) atoms. The molecule has 0 saturated heterocycles. The average molecular weight is 338 g/mol. The highest BCUT2D eigenvalue weighted by atomic mass is 79.9. The van der Waals surface area contributed by atoms with Gasteiger partial charge >= 0.3 is 10.4 Å². The lowest BCUT2D eigenvalue weighted by Crippen LogP contribution is -2.44. The quantitative estimate of drug-likeness (QED) is 0.503. The van der Waals surface area contributed by atoms with E-state index in [1.54, 1.807) is 20.8 Å². The van der Waals surface area contributed by atoms with E-state index in [9.17, 15) is 18.9 Å². The smallest absolute Gasteiger partial charge is 0.258 e. The molecular weight excluding hydrogens is 324 g/mol. The van der Waals surface area contributed by atoms with Crippen molar-refractivity contribution in [3.8, 4) is 0 Å². The Morgan fingerprint density at radius 3 is 2.44 bits per heavy atom. The predicted octanol–water partition coefficient (Wildman–Crippen LogP) is 2.99. The second kappa shape index (κ2) is 5.04. The Morgan fingerprint density at radius 2 is 2.00 bits per heavy atom. The molecule has 1 unspecified atom stereocenters. The maximum absolute atomic E-state index is 12.2. The van der Waals surface area contributed by atoms with Crippen molar-refractivity contribution in [3.63, 3.8) is 0 Å². The number of nitro groups is 1. The minimum atomic E-state index is -3.56. The van der Waals surface area contributed by atoms with Crippen molar-refractivity contribution in [1.29, 1.82) is 0 Å². The molecule has 0 heterocycles. The van der Waals surface area contributed by atoms with Gasteiger partial charge in [0.25, 0.3) is 5.69 Å². The van der Waals surface area contributed by atoms with Crippen molar-refractivity contribution in [2.45, 2.75) is 31.2 Å². The molecule has 0 aliphatic rings. The van der Waals surface area contributed by atoms with E-state index < -0.39 is 20.9 Å². The molecule has 1 rings (SSSR count). The molecule has 0 aromatic heterocycles. The largest absolute Gasteiger partial charge is 0.325 e. The van der Waals surface area contributed by atoms with E-state index in [1.807, 2.05) is 0 Å². The molecule has 1 aromatic rings. The fraction of sp³-hybridized carbons (Fsp3) is 0.400. The second-order valence-electron chi connectivity index (χ2n) is 4.75. The summed E-state index contributed by atoms with van der Waals surface area (Å²) in [4.78, 5) is 10.0. The van der Waals surface area contributed by atoms with Gasteiger partial charge in [-0.25, -0.2) is 0 Å². The summed E-state index contributed by atoms with van der Waals surface area (Å²) in [6.45, 7) is 5.19. The van der Waals surface area contributed by atoms with Gasteiger partial charge in [0.2, 0.25) is 4.90 Å². The van der Waals surface area contributed by atoms with Crippen LogP contribution in [0.2, 0.25) is 0 Å². The lowest BCUT2D eigenvalue weighted by Gasteiger charge is -2.18. The number of non-ortho nitro benzene ring substituents is 1. The number of nitro benzene ring substituents is 1. The van der Waals surface area contributed by atoms with Crippen LogP contribution in [-0.2, 0) is 14.6 Å². The summed E-state index contributed by atoms with van der Waals surface area (Å²) in [5.41, 5.74) is -0.832. The van der Waals surface area contributed by atoms with Crippen molar-refractivity contribution in [1.82, 2.24) is 4.72 Å². The number of hydrogen-bond donors (Lipinski definition) is 2. The third-order valence-electron chi connectivity index (χ3n) is 1.87. The Morgan fingerprint density at radius 1 is 1.44 bits per heavy atom. The molecule has 0 saturated carbocycles. The monoisotopic (exact) mass is 337 g/mol. The van der Waals surface area contributed by atoms with Crippen molar-refractivity contribution < 1.29 is 13.7 Å². The zero-order valence-electron chi connectivity index (χ0n) is 10.1. The van der Waals surface area contributed by atoms with Gasteiger partial charge in [-0.05, 0) is 47.0 Å². The molecular formula is C10H14BrN2O4S+. The topological polar surface area (TPSA) is 92.5 Å². The zero-order valence-corrected chi connectivity index (χ0v) is 12.5. The standard InChI is InChI=1S/C10H13BrN2O4S/c1-10(2,3)12-18(16,17)9-6-7(13(14)15)4-5-8(9)11/h4-6H,1-3H3,(H-,12,16,17)/p+1. The van der Waals surface area contributed by atoms with E-state index in [4.69, 9.17) is 0 Å². The summed E-state index contributed by atoms with van der Waals surface area (Å²) in [6, 6.07) is 3.74. The number of nitrogens with one attached hydrogen (secondary N) is 1. The van der Waals surface area contributed by atoms with E-state index in [0.29, 0.717) is 4.47 Å². The third kappa shape index (κ3) is 3.84. The Balaban J connectivity index is 3.27. The van der Waals surface area contributed by atoms with Crippen molar-refractivity contribution in [2.24, 2.45) is 0 Å². The summed E-state index contributed by atoms with van der Waals surface area (Å²) in [6.07, 6.45) is 0. The van der Waals surface area contributed by atoms with Crippen LogP contribution >= 0.6 is 15.9 Å². The van der Waals surface area contributed by atoms with Crippen molar-refractivity contribution >= 4 is 32.0 Å². The van der Waals surface area contributed by atoms with Gasteiger partial charge in [-0.15, -0.1) is 0 Å². The number of rotatable bonds is 3. The molecule has 100 valence electrons. The van der Waals surface area contributed by atoms with Gasteiger partial charge in [0, 0.05) is 6.07 Å². The molecule has 0 bridgehead atoms. The van der Waals surface area contributed by atoms with Crippen LogP contribution in [0.4, 0.5) is 5.69 Å². The van der Waals surface area contributed by atoms with E-state index >= 15 is 0 Å². The van der Waals surface area contributed by atoms with Gasteiger partial charge in [-0.1, -0.05) is 4.72 Å². The van der Waals surface area contributed by atoms with Crippen LogP contribution in [0.1, 0.15) is 20.8 Å². The zero-order chi connectivity index (χ0) is 14.1. The number of benzene rings is 1. The van der Waals surface area contributed by atoms with Gasteiger partial charge in [0.05, 0.1) is 21.0 Å². The molecule has 1 aromatic carbocycles. The Kier molecular flexibility index (Phi) is 4.26. The SMILES string of the molecule is CC(C)(C)N[S+](=O)(O)c1cc([N+](=O)[O-])ccc1Br. The summed E-state index contributed by atoms with van der Waals surface area (Å²) in [7, 11) is -3.56. The maximum Gasteiger partial charge on any atom is 0.325 e. The first-order chi connectivity index (χ1) is 8.03. The molecule has 2 N–H and O–H groups in total. The molecule has 0 aliphatic carbocycles. The molecule has 1 atom stereocenters. The molecule has 0 spiro atoms. The summed E-state index contributed by atoms with van der Waals surface area (Å²) in [5.74, 6) is 0. The van der Waals surface area contributed by atoms with E-state index in [1.165, 1.54) is 12.1 Å². The number of nitrogens with zero attached hydrogens (tertiary/aromatic N) is 1. The van der Waals surface area contributed by atoms with Crippen LogP contribution in [0.5, 0.6) is 0 Å². The van der Waals surface area contributed by atoms with Crippen LogP contribution in [0.15, 0.2) is 27.6 Å². The Bertz CT molecular complexity index is 527. The lowest BCUT2D eigenvalue weighted by molar-refractivity contribution is -0.385. The minimum absolute atomic E-state index is 0.0355. The molecule has 0 radical (unpaired) electrons. The second-order valence-corrected chi connectivity index (χ2v) is 7.30. The van der Waals surface area contributed by atoms with E-state index in [-0.39, 0.29) is 10.6 Å². The normalized spacial score (nSPS) is 15.2. The fourth-order valence-corrected chi connectivity index (χ4v) is 3.75. The van der Waals surface area contributed by atoms with E-state index in [2.05, 4.69) is 20.7 Å². The van der Waals surface area contributed by atoms with Gasteiger partial charge in [-0.2, -0.15) is 4.55 Å². The first kappa shape index (κ1) is 15.2. The fourth-order valence-electron chi connectivity index (χ4n) is 1.29. The Hall–Kier alpha value is -0.830. The highest BCUT2D eigenvalue weighted by molar-refractivity contribution is 9.10. The first-order valence-corrected chi connectivity index (χ1v) is 7.33. The Labute approximate surface area is 114 Å². The van der Waals surface area contributed by atoms with Gasteiger partial charge in [-0.3, -0.25) is 10.1 Å². The van der Waals surface area contributed by atoms with Gasteiger partial charge in [0.1, 0.15) is 0 Å². The summed E-state index contributed by atoms with van der Waals surface area (Å²) in [5, 5.41) is 10.7. The number of halogens is 1. The summed E-state index contributed by atoms with van der Waals surface area (Å²) < 4.78 is 25.1. The van der Waals surface area contributed by atoms with Crippen LogP contribution < -0.4 is 4.72 Å². The highest BCUT2D eigenvalue weighted by Crippen LogP contribution is 2.29. The average Bonchev–Trinajstić information content (AvgIpc) is 2.13. The van der Waals surface area contributed by atoms with Crippen LogP contribution in [0.3, 0.4) is 0 Å². The molecule has 0 aliphatic heterocycles. The van der Waals surface area contributed by atoms with Crippen molar-refractivity contribution in [3.05, 3.63) is 32.8 Å². The van der Waals surface area contributed by atoms with Gasteiger partial charge < -0.3 is 0 Å². The third-order valence-corrected chi connectivity index (χ3v) is 4.65. The summed E-state index contributed by atoms with van der Waals surface area (Å²) >= 11 is 3.12. The van der Waals surface area contributed by atoms with E-state index in [0.717, 1.165) is 6.07 Å². The first-order valence-electron chi connectivity index (χ1n) is 5.02. The maximum atomic E-state index is 12.2. The van der Waals surface area contributed by atoms with Crippen LogP contribution in [0, 0.1) is 10.1 Å². The lowest BCUT2D eigenvalue weighted by atomic mass is 10.1. The molecule has 0 fully saturated rings. The van der Waals surface area contributed by atoms with Crippen molar-refractivity contribution in [2.75, 3.05) is 0 Å². The number of hydrogen-bond acceptors (Lipinski definition) is 3. The predicted molar refractivity (Wildman–Crippen MR) is 72.6 cm³/mol. The van der Waals surface area contributed by atoms with Crippen LogP contribution in [-0.4, -0.2) is 15.0 Å².